The summed E-state index contributed by atoms with van der Waals surface area (Å²) in [6.45, 7) is 4.15. The summed E-state index contributed by atoms with van der Waals surface area (Å²) in [6, 6.07) is 22.7. The molecule has 3 aromatic carbocycles. The number of rotatable bonds is 7. The summed E-state index contributed by atoms with van der Waals surface area (Å²) in [6.07, 6.45) is 1.45. The maximum atomic E-state index is 13.1. The molecule has 2 aromatic heterocycles. The van der Waals surface area contributed by atoms with Crippen molar-refractivity contribution in [3.8, 4) is 17.2 Å². The molecular formula is C29H24BrN5O3. The molecule has 2 heterocycles. The average molecular weight is 570 g/mol. The van der Waals surface area contributed by atoms with Crippen molar-refractivity contribution in [2.75, 3.05) is 10.6 Å². The van der Waals surface area contributed by atoms with Gasteiger partial charge in [-0.15, -0.1) is 0 Å². The summed E-state index contributed by atoms with van der Waals surface area (Å²) < 4.78 is 7.02. The van der Waals surface area contributed by atoms with Gasteiger partial charge in [0.15, 0.2) is 11.4 Å². The monoisotopic (exact) mass is 569 g/mol. The molecule has 190 valence electrons. The van der Waals surface area contributed by atoms with E-state index in [1.165, 1.54) is 6.33 Å². The van der Waals surface area contributed by atoms with Gasteiger partial charge in [0.05, 0.1) is 11.1 Å². The minimum atomic E-state index is -0.276. The Balaban J connectivity index is 1.51. The first kappa shape index (κ1) is 25.2. The molecule has 8 nitrogen and oxygen atoms in total. The summed E-state index contributed by atoms with van der Waals surface area (Å²) in [7, 11) is 0. The van der Waals surface area contributed by atoms with Crippen LogP contribution < -0.4 is 15.4 Å². The van der Waals surface area contributed by atoms with Crippen LogP contribution in [0.15, 0.2) is 89.7 Å². The van der Waals surface area contributed by atoms with Crippen molar-refractivity contribution in [3.05, 3.63) is 101 Å². The van der Waals surface area contributed by atoms with Gasteiger partial charge in [-0.3, -0.25) is 4.79 Å². The normalized spacial score (nSPS) is 10.9. The van der Waals surface area contributed by atoms with Gasteiger partial charge in [0.1, 0.15) is 23.6 Å². The van der Waals surface area contributed by atoms with Gasteiger partial charge in [0.25, 0.3) is 5.91 Å². The molecule has 0 bridgehead atoms. The Hall–Kier alpha value is -4.50. The lowest BCUT2D eigenvalue weighted by Gasteiger charge is -2.16. The lowest BCUT2D eigenvalue weighted by molar-refractivity contribution is 0.102. The highest BCUT2D eigenvalue weighted by atomic mass is 79.9. The van der Waals surface area contributed by atoms with Crippen LogP contribution >= 0.6 is 15.9 Å². The summed E-state index contributed by atoms with van der Waals surface area (Å²) in [5.74, 6) is 1.64. The first-order chi connectivity index (χ1) is 18.4. The van der Waals surface area contributed by atoms with Gasteiger partial charge >= 0.3 is 0 Å². The minimum Gasteiger partial charge on any atom is -0.508 e. The molecule has 0 atom stereocenters. The quantitative estimate of drug-likeness (QED) is 0.187. The molecule has 9 heteroatoms. The number of fused-ring (bicyclic) bond motifs is 1. The van der Waals surface area contributed by atoms with Crippen LogP contribution in [0.4, 0.5) is 17.2 Å². The third-order valence-electron chi connectivity index (χ3n) is 5.77. The number of anilines is 3. The minimum absolute atomic E-state index is 0.136. The van der Waals surface area contributed by atoms with Gasteiger partial charge in [-0.1, -0.05) is 29.8 Å². The van der Waals surface area contributed by atoms with Crippen molar-refractivity contribution in [3.63, 3.8) is 0 Å². The molecule has 1 amide bonds. The van der Waals surface area contributed by atoms with Crippen LogP contribution in [0.1, 0.15) is 35.8 Å². The SMILES string of the molecule is CC(C)c1ccc2c(Nc3cc(C(=O)Nc4ccc(Br)cc4)ccc3Oc3ccc(O)cc3)ncnc2n1. The molecular weight excluding hydrogens is 546 g/mol. The first-order valence-electron chi connectivity index (χ1n) is 11.9. The fourth-order valence-electron chi connectivity index (χ4n) is 3.74. The van der Waals surface area contributed by atoms with E-state index in [1.807, 2.05) is 36.4 Å². The van der Waals surface area contributed by atoms with Gasteiger partial charge in [-0.05, 0) is 84.8 Å². The van der Waals surface area contributed by atoms with E-state index in [1.54, 1.807) is 42.5 Å². The zero-order valence-electron chi connectivity index (χ0n) is 20.6. The lowest BCUT2D eigenvalue weighted by atomic mass is 10.1. The number of phenolic OH excluding ortho intramolecular Hbond substituents is 1. The van der Waals surface area contributed by atoms with E-state index in [9.17, 15) is 9.90 Å². The number of phenols is 1. The standard InChI is InChI=1S/C29H24BrN5O3/c1-17(2)24-13-12-23-27(34-24)31-16-32-28(23)35-25-15-18(29(37)33-20-6-4-19(30)5-7-20)3-14-26(25)38-22-10-8-21(36)9-11-22/h3-17,36H,1-2H3,(H,33,37)(H,31,32,34,35). The predicted molar refractivity (Wildman–Crippen MR) is 151 cm³/mol. The molecule has 5 aromatic rings. The highest BCUT2D eigenvalue weighted by Crippen LogP contribution is 2.35. The highest BCUT2D eigenvalue weighted by Gasteiger charge is 2.15. The van der Waals surface area contributed by atoms with Crippen LogP contribution in [0.3, 0.4) is 0 Å². The second-order valence-electron chi connectivity index (χ2n) is 8.88. The summed E-state index contributed by atoms with van der Waals surface area (Å²) >= 11 is 3.40. The van der Waals surface area contributed by atoms with E-state index in [2.05, 4.69) is 55.4 Å². The van der Waals surface area contributed by atoms with E-state index >= 15 is 0 Å². The molecule has 0 spiro atoms. The van der Waals surface area contributed by atoms with Gasteiger partial charge in [0, 0.05) is 21.4 Å². The number of halogens is 1. The number of carbonyl (C=O) groups is 1. The second kappa shape index (κ2) is 10.9. The van der Waals surface area contributed by atoms with Crippen molar-refractivity contribution in [1.29, 1.82) is 0 Å². The van der Waals surface area contributed by atoms with Gasteiger partial charge < -0.3 is 20.5 Å². The number of nitrogens with zero attached hydrogens (tertiary/aromatic N) is 3. The van der Waals surface area contributed by atoms with Crippen LogP contribution in [0.25, 0.3) is 11.0 Å². The lowest BCUT2D eigenvalue weighted by Crippen LogP contribution is -2.12. The van der Waals surface area contributed by atoms with E-state index in [0.29, 0.717) is 39.9 Å². The number of benzene rings is 3. The summed E-state index contributed by atoms with van der Waals surface area (Å²) in [5.41, 5.74) is 3.12. The Kier molecular flexibility index (Phi) is 7.19. The molecule has 0 aliphatic heterocycles. The van der Waals surface area contributed by atoms with Crippen LogP contribution in [0.5, 0.6) is 17.2 Å². The molecule has 5 rings (SSSR count). The zero-order chi connectivity index (χ0) is 26.6. The van der Waals surface area contributed by atoms with E-state index < -0.39 is 0 Å². The third kappa shape index (κ3) is 5.73. The summed E-state index contributed by atoms with van der Waals surface area (Å²) in [5, 5.41) is 16.6. The van der Waals surface area contributed by atoms with Gasteiger partial charge in [-0.25, -0.2) is 15.0 Å². The number of hydrogen-bond acceptors (Lipinski definition) is 7. The second-order valence-corrected chi connectivity index (χ2v) is 9.79. The predicted octanol–water partition coefficient (Wildman–Crippen LogP) is 7.40. The van der Waals surface area contributed by atoms with Gasteiger partial charge in [-0.2, -0.15) is 0 Å². The van der Waals surface area contributed by atoms with Crippen LogP contribution in [-0.4, -0.2) is 26.0 Å². The smallest absolute Gasteiger partial charge is 0.255 e. The van der Waals surface area contributed by atoms with Crippen LogP contribution in [0.2, 0.25) is 0 Å². The molecule has 0 saturated carbocycles. The molecule has 3 N–H and O–H groups in total. The van der Waals surface area contributed by atoms with Crippen LogP contribution in [-0.2, 0) is 0 Å². The van der Waals surface area contributed by atoms with Crippen molar-refractivity contribution in [2.24, 2.45) is 0 Å². The van der Waals surface area contributed by atoms with Gasteiger partial charge in [0.2, 0.25) is 0 Å². The number of carbonyl (C=O) groups excluding carboxylic acids is 1. The maximum Gasteiger partial charge on any atom is 0.255 e. The Morgan fingerprint density at radius 2 is 1.71 bits per heavy atom. The molecule has 38 heavy (non-hydrogen) atoms. The summed E-state index contributed by atoms with van der Waals surface area (Å²) in [4.78, 5) is 26.5. The number of pyridine rings is 1. The number of amides is 1. The Morgan fingerprint density at radius 3 is 2.45 bits per heavy atom. The largest absolute Gasteiger partial charge is 0.508 e. The Bertz CT molecular complexity index is 1610. The van der Waals surface area contributed by atoms with E-state index in [0.717, 1.165) is 15.6 Å². The topological polar surface area (TPSA) is 109 Å². The fourth-order valence-corrected chi connectivity index (χ4v) is 4.01. The van der Waals surface area contributed by atoms with E-state index in [4.69, 9.17) is 4.74 Å². The van der Waals surface area contributed by atoms with Crippen molar-refractivity contribution < 1.29 is 14.6 Å². The third-order valence-corrected chi connectivity index (χ3v) is 6.30. The number of ether oxygens (including phenoxy) is 1. The number of aromatic nitrogens is 3. The molecule has 0 fully saturated rings. The maximum absolute atomic E-state index is 13.1. The Labute approximate surface area is 227 Å². The zero-order valence-corrected chi connectivity index (χ0v) is 22.2. The fraction of sp³-hybridized carbons (Fsp3) is 0.103. The van der Waals surface area contributed by atoms with Crippen LogP contribution in [0, 0.1) is 0 Å². The average Bonchev–Trinajstić information content (AvgIpc) is 2.92. The molecule has 0 aliphatic carbocycles. The number of hydrogen-bond donors (Lipinski definition) is 3. The van der Waals surface area contributed by atoms with Crippen molar-refractivity contribution in [1.82, 2.24) is 15.0 Å². The highest BCUT2D eigenvalue weighted by molar-refractivity contribution is 9.10. The first-order valence-corrected chi connectivity index (χ1v) is 12.7. The number of aromatic hydroxyl groups is 1. The molecule has 0 saturated heterocycles. The van der Waals surface area contributed by atoms with E-state index in [-0.39, 0.29) is 17.6 Å². The Morgan fingerprint density at radius 1 is 0.947 bits per heavy atom. The van der Waals surface area contributed by atoms with Crippen molar-refractivity contribution >= 4 is 50.1 Å². The molecule has 0 radical (unpaired) electrons. The molecule has 0 aliphatic rings. The number of nitrogens with one attached hydrogen (secondary N) is 2. The molecule has 0 unspecified atom stereocenters. The van der Waals surface area contributed by atoms with Crippen molar-refractivity contribution in [2.45, 2.75) is 19.8 Å².